The third-order valence-electron chi connectivity index (χ3n) is 3.94. The molecule has 1 aliphatic rings. The second kappa shape index (κ2) is 3.84. The molecule has 0 radical (unpaired) electrons. The summed E-state index contributed by atoms with van der Waals surface area (Å²) < 4.78 is 2.21. The summed E-state index contributed by atoms with van der Waals surface area (Å²) in [4.78, 5) is 4.59. The topological polar surface area (TPSA) is 43.3 Å². The molecule has 2 aromatic rings. The number of nitrogens with zero attached hydrogens (tertiary/aromatic N) is 2. The molecule has 0 saturated heterocycles. The summed E-state index contributed by atoms with van der Waals surface area (Å²) in [5.41, 5.74) is 8.71. The van der Waals surface area contributed by atoms with Crippen molar-refractivity contribution >= 4 is 5.52 Å². The molecule has 0 atom stereocenters. The van der Waals surface area contributed by atoms with Gasteiger partial charge in [0, 0.05) is 5.69 Å². The smallest absolute Gasteiger partial charge is 0.133 e. The fourth-order valence-electron chi connectivity index (χ4n) is 2.97. The number of hydrogen-bond acceptors (Lipinski definition) is 2. The van der Waals surface area contributed by atoms with Crippen LogP contribution in [0.2, 0.25) is 0 Å². The van der Waals surface area contributed by atoms with Crippen LogP contribution in [-0.2, 0) is 5.54 Å². The van der Waals surface area contributed by atoms with E-state index in [1.165, 1.54) is 25.0 Å². The largest absolute Gasteiger partial charge is 0.319 e. The van der Waals surface area contributed by atoms with Crippen LogP contribution in [-0.4, -0.2) is 9.38 Å². The van der Waals surface area contributed by atoms with Gasteiger partial charge in [-0.25, -0.2) is 4.98 Å². The van der Waals surface area contributed by atoms with Crippen LogP contribution < -0.4 is 5.73 Å². The van der Waals surface area contributed by atoms with Crippen molar-refractivity contribution in [3.05, 3.63) is 35.9 Å². The number of hydrogen-bond donors (Lipinski definition) is 1. The first-order valence-corrected chi connectivity index (χ1v) is 6.43. The van der Waals surface area contributed by atoms with Gasteiger partial charge in [-0.1, -0.05) is 25.3 Å². The lowest BCUT2D eigenvalue weighted by atomic mass is 9.82. The quantitative estimate of drug-likeness (QED) is 0.817. The molecular formula is C14H19N3. The number of aromatic nitrogens is 2. The molecule has 3 rings (SSSR count). The Hall–Kier alpha value is -1.35. The molecule has 1 aliphatic carbocycles. The van der Waals surface area contributed by atoms with Crippen molar-refractivity contribution in [2.24, 2.45) is 5.73 Å². The van der Waals surface area contributed by atoms with Gasteiger partial charge in [-0.15, -0.1) is 0 Å². The molecule has 0 spiro atoms. The molecule has 0 aromatic carbocycles. The van der Waals surface area contributed by atoms with Crippen LogP contribution in [0, 0.1) is 6.92 Å². The van der Waals surface area contributed by atoms with Crippen LogP contribution >= 0.6 is 0 Å². The Labute approximate surface area is 102 Å². The molecule has 2 N–H and O–H groups in total. The van der Waals surface area contributed by atoms with Gasteiger partial charge in [-0.05, 0) is 31.9 Å². The molecule has 1 saturated carbocycles. The van der Waals surface area contributed by atoms with E-state index in [0.717, 1.165) is 24.2 Å². The average molecular weight is 229 g/mol. The van der Waals surface area contributed by atoms with Gasteiger partial charge in [0.05, 0.1) is 17.3 Å². The molecule has 0 bridgehead atoms. The number of aryl methyl sites for hydroxylation is 1. The second-order valence-corrected chi connectivity index (χ2v) is 5.23. The van der Waals surface area contributed by atoms with E-state index >= 15 is 0 Å². The van der Waals surface area contributed by atoms with Crippen molar-refractivity contribution in [3.63, 3.8) is 0 Å². The molecule has 1 fully saturated rings. The van der Waals surface area contributed by atoms with Crippen LogP contribution in [0.15, 0.2) is 24.4 Å². The Morgan fingerprint density at radius 3 is 2.76 bits per heavy atom. The Bertz CT molecular complexity index is 535. The van der Waals surface area contributed by atoms with Crippen LogP contribution in [0.3, 0.4) is 0 Å². The maximum atomic E-state index is 6.58. The van der Waals surface area contributed by atoms with Crippen molar-refractivity contribution in [2.75, 3.05) is 0 Å². The van der Waals surface area contributed by atoms with E-state index in [1.54, 1.807) is 0 Å². The summed E-state index contributed by atoms with van der Waals surface area (Å²) in [6.07, 6.45) is 7.79. The Morgan fingerprint density at radius 2 is 2.00 bits per heavy atom. The summed E-state index contributed by atoms with van der Waals surface area (Å²) >= 11 is 0. The minimum Gasteiger partial charge on any atom is -0.319 e. The van der Waals surface area contributed by atoms with E-state index in [-0.39, 0.29) is 5.54 Å². The summed E-state index contributed by atoms with van der Waals surface area (Å²) in [6, 6.07) is 6.28. The fourth-order valence-corrected chi connectivity index (χ4v) is 2.97. The predicted octanol–water partition coefficient (Wildman–Crippen LogP) is 2.76. The monoisotopic (exact) mass is 229 g/mol. The van der Waals surface area contributed by atoms with E-state index in [9.17, 15) is 0 Å². The third-order valence-corrected chi connectivity index (χ3v) is 3.94. The standard InChI is InChI=1S/C14H19N3/c1-11-6-5-7-12-10-16-13(17(11)12)14(15)8-3-2-4-9-14/h5-7,10H,2-4,8-9,15H2,1H3. The molecule has 2 heterocycles. The van der Waals surface area contributed by atoms with Crippen molar-refractivity contribution in [1.82, 2.24) is 9.38 Å². The number of fused-ring (bicyclic) bond motifs is 1. The first kappa shape index (κ1) is 10.8. The lowest BCUT2D eigenvalue weighted by molar-refractivity contribution is 0.285. The molecule has 3 nitrogen and oxygen atoms in total. The van der Waals surface area contributed by atoms with E-state index in [0.29, 0.717) is 0 Å². The second-order valence-electron chi connectivity index (χ2n) is 5.23. The molecule has 2 aromatic heterocycles. The minimum absolute atomic E-state index is 0.225. The van der Waals surface area contributed by atoms with E-state index in [1.807, 2.05) is 6.20 Å². The zero-order valence-electron chi connectivity index (χ0n) is 10.3. The minimum atomic E-state index is -0.225. The van der Waals surface area contributed by atoms with Gasteiger partial charge < -0.3 is 5.73 Å². The first-order valence-electron chi connectivity index (χ1n) is 6.43. The van der Waals surface area contributed by atoms with Crippen LogP contribution in [0.4, 0.5) is 0 Å². The van der Waals surface area contributed by atoms with Crippen molar-refractivity contribution in [2.45, 2.75) is 44.6 Å². The van der Waals surface area contributed by atoms with Crippen molar-refractivity contribution in [3.8, 4) is 0 Å². The number of nitrogens with two attached hydrogens (primary N) is 1. The zero-order chi connectivity index (χ0) is 11.9. The zero-order valence-corrected chi connectivity index (χ0v) is 10.3. The maximum absolute atomic E-state index is 6.58. The van der Waals surface area contributed by atoms with Crippen LogP contribution in [0.5, 0.6) is 0 Å². The maximum Gasteiger partial charge on any atom is 0.133 e. The third kappa shape index (κ3) is 1.65. The molecule has 90 valence electrons. The Balaban J connectivity index is 2.17. The van der Waals surface area contributed by atoms with Gasteiger partial charge in [-0.3, -0.25) is 4.40 Å². The van der Waals surface area contributed by atoms with Crippen LogP contribution in [0.1, 0.15) is 43.6 Å². The first-order chi connectivity index (χ1) is 8.21. The number of imidazole rings is 1. The van der Waals surface area contributed by atoms with Gasteiger partial charge in [-0.2, -0.15) is 0 Å². The summed E-state index contributed by atoms with van der Waals surface area (Å²) in [5.74, 6) is 1.05. The highest BCUT2D eigenvalue weighted by atomic mass is 15.1. The van der Waals surface area contributed by atoms with Crippen molar-refractivity contribution < 1.29 is 0 Å². The molecular weight excluding hydrogens is 210 g/mol. The average Bonchev–Trinajstić information content (AvgIpc) is 2.76. The van der Waals surface area contributed by atoms with Gasteiger partial charge in [0.1, 0.15) is 5.82 Å². The fraction of sp³-hybridized carbons (Fsp3) is 0.500. The highest BCUT2D eigenvalue weighted by molar-refractivity contribution is 5.48. The Morgan fingerprint density at radius 1 is 1.24 bits per heavy atom. The van der Waals surface area contributed by atoms with E-state index in [4.69, 9.17) is 5.73 Å². The predicted molar refractivity (Wildman–Crippen MR) is 68.9 cm³/mol. The SMILES string of the molecule is Cc1cccc2cnc(C3(N)CCCCC3)n12. The molecule has 17 heavy (non-hydrogen) atoms. The summed E-state index contributed by atoms with van der Waals surface area (Å²) in [6.45, 7) is 2.12. The van der Waals surface area contributed by atoms with E-state index in [2.05, 4.69) is 34.5 Å². The normalized spacial score (nSPS) is 19.6. The van der Waals surface area contributed by atoms with Gasteiger partial charge >= 0.3 is 0 Å². The molecule has 0 unspecified atom stereocenters. The summed E-state index contributed by atoms with van der Waals surface area (Å²) in [5, 5.41) is 0. The lowest BCUT2D eigenvalue weighted by Gasteiger charge is -2.32. The molecule has 0 amide bonds. The molecule has 0 aliphatic heterocycles. The highest BCUT2D eigenvalue weighted by Gasteiger charge is 2.33. The summed E-state index contributed by atoms with van der Waals surface area (Å²) in [7, 11) is 0. The molecule has 3 heteroatoms. The van der Waals surface area contributed by atoms with Crippen molar-refractivity contribution in [1.29, 1.82) is 0 Å². The van der Waals surface area contributed by atoms with Gasteiger partial charge in [0.25, 0.3) is 0 Å². The highest BCUT2D eigenvalue weighted by Crippen LogP contribution is 2.34. The number of rotatable bonds is 1. The van der Waals surface area contributed by atoms with E-state index < -0.39 is 0 Å². The van der Waals surface area contributed by atoms with Gasteiger partial charge in [0.15, 0.2) is 0 Å². The van der Waals surface area contributed by atoms with Gasteiger partial charge in [0.2, 0.25) is 0 Å². The van der Waals surface area contributed by atoms with Crippen LogP contribution in [0.25, 0.3) is 5.52 Å². The lowest BCUT2D eigenvalue weighted by Crippen LogP contribution is -2.40. The number of pyridine rings is 1. The Kier molecular flexibility index (Phi) is 2.44.